The van der Waals surface area contributed by atoms with Crippen molar-refractivity contribution < 1.29 is 0 Å². The Balaban J connectivity index is 1.77. The van der Waals surface area contributed by atoms with Crippen molar-refractivity contribution in [2.24, 2.45) is 11.7 Å². The van der Waals surface area contributed by atoms with Gasteiger partial charge in [0.2, 0.25) is 0 Å². The largest absolute Gasteiger partial charge is 0.327 e. The van der Waals surface area contributed by atoms with Crippen LogP contribution in [-0.2, 0) is 6.42 Å². The van der Waals surface area contributed by atoms with Crippen molar-refractivity contribution in [2.45, 2.75) is 57.4 Å². The molecule has 1 aliphatic rings. The van der Waals surface area contributed by atoms with E-state index in [9.17, 15) is 0 Å². The number of thiophene rings is 1. The van der Waals surface area contributed by atoms with Crippen LogP contribution >= 0.6 is 27.3 Å². The van der Waals surface area contributed by atoms with Gasteiger partial charge in [-0.15, -0.1) is 11.3 Å². The van der Waals surface area contributed by atoms with E-state index >= 15 is 0 Å². The van der Waals surface area contributed by atoms with Crippen molar-refractivity contribution >= 4 is 27.3 Å². The molecule has 1 fully saturated rings. The van der Waals surface area contributed by atoms with E-state index in [4.69, 9.17) is 5.73 Å². The van der Waals surface area contributed by atoms with Crippen LogP contribution < -0.4 is 5.73 Å². The zero-order valence-corrected chi connectivity index (χ0v) is 12.7. The maximum Gasteiger partial charge on any atom is 0.0701 e. The highest BCUT2D eigenvalue weighted by atomic mass is 79.9. The lowest BCUT2D eigenvalue weighted by atomic mass is 9.91. The van der Waals surface area contributed by atoms with Crippen LogP contribution in [0.5, 0.6) is 0 Å². The third kappa shape index (κ3) is 4.72. The summed E-state index contributed by atoms with van der Waals surface area (Å²) >= 11 is 5.33. The second kappa shape index (κ2) is 6.91. The van der Waals surface area contributed by atoms with Gasteiger partial charge in [0.05, 0.1) is 3.79 Å². The first kappa shape index (κ1) is 13.6. The molecule has 17 heavy (non-hydrogen) atoms. The van der Waals surface area contributed by atoms with Crippen LogP contribution in [0.15, 0.2) is 15.9 Å². The Labute approximate surface area is 117 Å². The predicted molar refractivity (Wildman–Crippen MR) is 79.5 cm³/mol. The molecule has 2 N–H and O–H groups in total. The summed E-state index contributed by atoms with van der Waals surface area (Å²) < 4.78 is 1.22. The molecule has 0 radical (unpaired) electrons. The molecular weight excluding hydrogens is 294 g/mol. The highest BCUT2D eigenvalue weighted by molar-refractivity contribution is 9.11. The Bertz CT molecular complexity index is 329. The molecule has 0 amide bonds. The Morgan fingerprint density at radius 1 is 1.24 bits per heavy atom. The number of nitrogens with two attached hydrogens (primary N) is 1. The molecule has 0 aliphatic heterocycles. The zero-order chi connectivity index (χ0) is 12.1. The van der Waals surface area contributed by atoms with Crippen LogP contribution in [0.25, 0.3) is 0 Å². The van der Waals surface area contributed by atoms with E-state index in [0.29, 0.717) is 6.04 Å². The summed E-state index contributed by atoms with van der Waals surface area (Å²) in [5.74, 6) is 0.885. The number of rotatable bonds is 4. The maximum atomic E-state index is 6.29. The van der Waals surface area contributed by atoms with Crippen LogP contribution in [0.4, 0.5) is 0 Å². The molecule has 2 rings (SSSR count). The second-order valence-corrected chi connectivity index (χ2v) is 7.81. The fraction of sp³-hybridized carbons (Fsp3) is 0.714. The van der Waals surface area contributed by atoms with Gasteiger partial charge in [-0.2, -0.15) is 0 Å². The number of hydrogen-bond acceptors (Lipinski definition) is 2. The molecule has 1 nitrogen and oxygen atoms in total. The average molecular weight is 316 g/mol. The number of hydrogen-bond donors (Lipinski definition) is 1. The lowest BCUT2D eigenvalue weighted by Gasteiger charge is -2.18. The van der Waals surface area contributed by atoms with E-state index in [1.807, 2.05) is 11.3 Å². The molecule has 0 aromatic carbocycles. The standard InChI is InChI=1S/C14H22BrNS/c15-14-8-7-13(17-14)10-12(16)9-11-5-3-1-2-4-6-11/h7-8,11-12H,1-6,9-10,16H2. The van der Waals surface area contributed by atoms with Crippen molar-refractivity contribution in [2.75, 3.05) is 0 Å². The Morgan fingerprint density at radius 2 is 1.94 bits per heavy atom. The SMILES string of the molecule is NC(Cc1ccc(Br)s1)CC1CCCCCC1. The molecule has 1 aromatic heterocycles. The minimum Gasteiger partial charge on any atom is -0.327 e. The van der Waals surface area contributed by atoms with Crippen LogP contribution in [0.1, 0.15) is 49.8 Å². The summed E-state index contributed by atoms with van der Waals surface area (Å²) in [6.07, 6.45) is 10.8. The lowest BCUT2D eigenvalue weighted by molar-refractivity contribution is 0.388. The minimum absolute atomic E-state index is 0.351. The van der Waals surface area contributed by atoms with Crippen molar-refractivity contribution in [3.05, 3.63) is 20.8 Å². The molecule has 0 spiro atoms. The van der Waals surface area contributed by atoms with Crippen LogP contribution in [0, 0.1) is 5.92 Å². The summed E-state index contributed by atoms with van der Waals surface area (Å²) in [7, 11) is 0. The van der Waals surface area contributed by atoms with Crippen molar-refractivity contribution in [1.29, 1.82) is 0 Å². The Kier molecular flexibility index (Phi) is 5.51. The van der Waals surface area contributed by atoms with Gasteiger partial charge in [-0.3, -0.25) is 0 Å². The van der Waals surface area contributed by atoms with E-state index in [1.54, 1.807) is 0 Å². The van der Waals surface area contributed by atoms with Crippen molar-refractivity contribution in [3.8, 4) is 0 Å². The van der Waals surface area contributed by atoms with E-state index in [0.717, 1.165) is 12.3 Å². The lowest BCUT2D eigenvalue weighted by Crippen LogP contribution is -2.25. The van der Waals surface area contributed by atoms with Gasteiger partial charge >= 0.3 is 0 Å². The van der Waals surface area contributed by atoms with Gasteiger partial charge < -0.3 is 5.73 Å². The third-order valence-corrected chi connectivity index (χ3v) is 5.35. The van der Waals surface area contributed by atoms with Crippen LogP contribution in [0.3, 0.4) is 0 Å². The summed E-state index contributed by atoms with van der Waals surface area (Å²) in [4.78, 5) is 1.41. The van der Waals surface area contributed by atoms with Gasteiger partial charge in [0.15, 0.2) is 0 Å². The van der Waals surface area contributed by atoms with E-state index in [-0.39, 0.29) is 0 Å². The molecule has 0 bridgehead atoms. The van der Waals surface area contributed by atoms with Gasteiger partial charge in [0.1, 0.15) is 0 Å². The normalized spacial score (nSPS) is 20.1. The van der Waals surface area contributed by atoms with E-state index in [1.165, 1.54) is 53.6 Å². The Hall–Kier alpha value is 0.140. The Morgan fingerprint density at radius 3 is 2.53 bits per heavy atom. The highest BCUT2D eigenvalue weighted by Crippen LogP contribution is 2.28. The third-order valence-electron chi connectivity index (χ3n) is 3.70. The molecule has 96 valence electrons. The van der Waals surface area contributed by atoms with E-state index < -0.39 is 0 Å². The van der Waals surface area contributed by atoms with Gasteiger partial charge in [-0.05, 0) is 46.8 Å². The molecular formula is C14H22BrNS. The van der Waals surface area contributed by atoms with Crippen molar-refractivity contribution in [1.82, 2.24) is 0 Å². The molecule has 1 saturated carbocycles. The van der Waals surface area contributed by atoms with E-state index in [2.05, 4.69) is 28.1 Å². The van der Waals surface area contributed by atoms with Gasteiger partial charge in [-0.25, -0.2) is 0 Å². The predicted octanol–water partition coefficient (Wildman–Crippen LogP) is 4.74. The smallest absolute Gasteiger partial charge is 0.0701 e. The molecule has 1 unspecified atom stereocenters. The first-order valence-corrected chi connectivity index (χ1v) is 8.35. The topological polar surface area (TPSA) is 26.0 Å². The highest BCUT2D eigenvalue weighted by Gasteiger charge is 2.16. The summed E-state index contributed by atoms with van der Waals surface area (Å²) in [6, 6.07) is 4.67. The van der Waals surface area contributed by atoms with Crippen LogP contribution in [0.2, 0.25) is 0 Å². The van der Waals surface area contributed by atoms with Gasteiger partial charge in [0.25, 0.3) is 0 Å². The summed E-state index contributed by atoms with van der Waals surface area (Å²) in [5, 5.41) is 0. The fourth-order valence-corrected chi connectivity index (χ4v) is 4.41. The molecule has 1 aromatic rings. The first-order valence-electron chi connectivity index (χ1n) is 6.74. The fourth-order valence-electron chi connectivity index (χ4n) is 2.83. The average Bonchev–Trinajstić information content (AvgIpc) is 2.53. The second-order valence-electron chi connectivity index (χ2n) is 5.26. The molecule has 0 saturated heterocycles. The maximum absolute atomic E-state index is 6.29. The van der Waals surface area contributed by atoms with Gasteiger partial charge in [0, 0.05) is 10.9 Å². The summed E-state index contributed by atoms with van der Waals surface area (Å²) in [5.41, 5.74) is 6.29. The molecule has 1 heterocycles. The monoisotopic (exact) mass is 315 g/mol. The molecule has 1 aliphatic carbocycles. The summed E-state index contributed by atoms with van der Waals surface area (Å²) in [6.45, 7) is 0. The van der Waals surface area contributed by atoms with Crippen LogP contribution in [-0.4, -0.2) is 6.04 Å². The first-order chi connectivity index (χ1) is 8.24. The quantitative estimate of drug-likeness (QED) is 0.798. The minimum atomic E-state index is 0.351. The zero-order valence-electron chi connectivity index (χ0n) is 10.3. The van der Waals surface area contributed by atoms with Gasteiger partial charge in [-0.1, -0.05) is 38.5 Å². The molecule has 1 atom stereocenters. The number of halogens is 1. The van der Waals surface area contributed by atoms with Crippen molar-refractivity contribution in [3.63, 3.8) is 0 Å². The molecule has 3 heteroatoms.